The smallest absolute Gasteiger partial charge is 0.124 e. The molecule has 2 N–H and O–H groups in total. The molecule has 0 aliphatic heterocycles. The Bertz CT molecular complexity index is 617. The van der Waals surface area contributed by atoms with Crippen LogP contribution in [0.1, 0.15) is 24.1 Å². The SMILES string of the molecule is CC(N)c1cc(F)ccc1OCc1cc(F)ccc1Cl. The number of nitrogens with two attached hydrogens (primary N) is 1. The van der Waals surface area contributed by atoms with Gasteiger partial charge in [-0.25, -0.2) is 8.78 Å². The van der Waals surface area contributed by atoms with Crippen molar-refractivity contribution in [1.82, 2.24) is 0 Å². The predicted octanol–water partition coefficient (Wildman–Crippen LogP) is 4.22. The fourth-order valence-electron chi connectivity index (χ4n) is 1.82. The van der Waals surface area contributed by atoms with Crippen LogP contribution in [0, 0.1) is 11.6 Å². The fourth-order valence-corrected chi connectivity index (χ4v) is 1.99. The molecular formula is C15H14ClF2NO. The molecule has 2 rings (SSSR count). The van der Waals surface area contributed by atoms with E-state index in [0.717, 1.165) is 0 Å². The lowest BCUT2D eigenvalue weighted by atomic mass is 10.1. The number of hydrogen-bond donors (Lipinski definition) is 1. The highest BCUT2D eigenvalue weighted by atomic mass is 35.5. The summed E-state index contributed by atoms with van der Waals surface area (Å²) in [6.45, 7) is 1.82. The third-order valence-electron chi connectivity index (χ3n) is 2.85. The van der Waals surface area contributed by atoms with Gasteiger partial charge in [0.1, 0.15) is 24.0 Å². The van der Waals surface area contributed by atoms with Gasteiger partial charge >= 0.3 is 0 Å². The number of halogens is 3. The molecular weight excluding hydrogens is 284 g/mol. The summed E-state index contributed by atoms with van der Waals surface area (Å²) in [5.74, 6) is -0.310. The van der Waals surface area contributed by atoms with Crippen molar-refractivity contribution < 1.29 is 13.5 Å². The molecule has 20 heavy (non-hydrogen) atoms. The Balaban J connectivity index is 2.20. The van der Waals surface area contributed by atoms with Crippen LogP contribution in [-0.2, 0) is 6.61 Å². The van der Waals surface area contributed by atoms with Crippen LogP contribution < -0.4 is 10.5 Å². The van der Waals surface area contributed by atoms with Crippen molar-refractivity contribution >= 4 is 11.6 Å². The van der Waals surface area contributed by atoms with Crippen molar-refractivity contribution in [2.24, 2.45) is 5.73 Å². The maximum atomic E-state index is 13.2. The number of ether oxygens (including phenoxy) is 1. The highest BCUT2D eigenvalue weighted by Gasteiger charge is 2.11. The maximum Gasteiger partial charge on any atom is 0.124 e. The lowest BCUT2D eigenvalue weighted by Crippen LogP contribution is -2.08. The van der Waals surface area contributed by atoms with E-state index in [4.69, 9.17) is 22.1 Å². The summed E-state index contributed by atoms with van der Waals surface area (Å²) in [4.78, 5) is 0. The third kappa shape index (κ3) is 3.46. The van der Waals surface area contributed by atoms with Crippen LogP contribution in [0.25, 0.3) is 0 Å². The van der Waals surface area contributed by atoms with Gasteiger partial charge in [-0.3, -0.25) is 0 Å². The van der Waals surface area contributed by atoms with Gasteiger partial charge in [-0.1, -0.05) is 11.6 Å². The van der Waals surface area contributed by atoms with Crippen molar-refractivity contribution in [2.75, 3.05) is 0 Å². The number of hydrogen-bond acceptors (Lipinski definition) is 2. The van der Waals surface area contributed by atoms with E-state index in [1.54, 1.807) is 6.92 Å². The van der Waals surface area contributed by atoms with E-state index in [-0.39, 0.29) is 24.3 Å². The van der Waals surface area contributed by atoms with Crippen LogP contribution >= 0.6 is 11.6 Å². The molecule has 5 heteroatoms. The summed E-state index contributed by atoms with van der Waals surface area (Å²) in [5.41, 5.74) is 6.85. The zero-order chi connectivity index (χ0) is 14.7. The first-order valence-corrected chi connectivity index (χ1v) is 6.47. The molecule has 0 saturated carbocycles. The quantitative estimate of drug-likeness (QED) is 0.917. The molecule has 0 fully saturated rings. The van der Waals surface area contributed by atoms with Crippen LogP contribution in [0.15, 0.2) is 36.4 Å². The van der Waals surface area contributed by atoms with Crippen molar-refractivity contribution in [2.45, 2.75) is 19.6 Å². The Morgan fingerprint density at radius 2 is 1.80 bits per heavy atom. The van der Waals surface area contributed by atoms with E-state index in [2.05, 4.69) is 0 Å². The molecule has 1 atom stereocenters. The molecule has 2 aromatic carbocycles. The Kier molecular flexibility index (Phi) is 4.57. The maximum absolute atomic E-state index is 13.2. The minimum Gasteiger partial charge on any atom is -0.489 e. The van der Waals surface area contributed by atoms with Gasteiger partial charge < -0.3 is 10.5 Å². The van der Waals surface area contributed by atoms with Gasteiger partial charge in [-0.2, -0.15) is 0 Å². The standard InChI is InChI=1S/C15H14ClF2NO/c1-9(19)13-7-12(18)3-5-15(13)20-8-10-6-11(17)2-4-14(10)16/h2-7,9H,8,19H2,1H3. The highest BCUT2D eigenvalue weighted by Crippen LogP contribution is 2.26. The van der Waals surface area contributed by atoms with Crippen LogP contribution in [0.3, 0.4) is 0 Å². The Morgan fingerprint density at radius 1 is 1.15 bits per heavy atom. The summed E-state index contributed by atoms with van der Waals surface area (Å²) in [7, 11) is 0. The predicted molar refractivity (Wildman–Crippen MR) is 74.7 cm³/mol. The molecule has 0 spiro atoms. The van der Waals surface area contributed by atoms with Crippen molar-refractivity contribution in [3.63, 3.8) is 0 Å². The molecule has 2 nitrogen and oxygen atoms in total. The van der Waals surface area contributed by atoms with E-state index in [1.807, 2.05) is 0 Å². The van der Waals surface area contributed by atoms with Crippen molar-refractivity contribution in [3.8, 4) is 5.75 Å². The van der Waals surface area contributed by atoms with Crippen molar-refractivity contribution in [3.05, 3.63) is 64.2 Å². The van der Waals surface area contributed by atoms with Crippen LogP contribution in [0.2, 0.25) is 5.02 Å². The lowest BCUT2D eigenvalue weighted by molar-refractivity contribution is 0.300. The Hall–Kier alpha value is -1.65. The van der Waals surface area contributed by atoms with Gasteiger partial charge in [0.05, 0.1) is 0 Å². The van der Waals surface area contributed by atoms with E-state index >= 15 is 0 Å². The normalized spacial score (nSPS) is 12.2. The zero-order valence-corrected chi connectivity index (χ0v) is 11.6. The average Bonchev–Trinajstić information content (AvgIpc) is 2.40. The monoisotopic (exact) mass is 297 g/mol. The molecule has 0 aliphatic rings. The van der Waals surface area contributed by atoms with Gasteiger partial charge in [0.25, 0.3) is 0 Å². The minimum atomic E-state index is -0.389. The first-order valence-electron chi connectivity index (χ1n) is 6.09. The molecule has 1 unspecified atom stereocenters. The molecule has 0 aromatic heterocycles. The zero-order valence-electron chi connectivity index (χ0n) is 10.9. The minimum absolute atomic E-state index is 0.0853. The molecule has 0 radical (unpaired) electrons. The van der Waals surface area contributed by atoms with E-state index in [9.17, 15) is 8.78 Å². The van der Waals surface area contributed by atoms with Crippen LogP contribution in [0.5, 0.6) is 5.75 Å². The van der Waals surface area contributed by atoms with Gasteiger partial charge in [0.15, 0.2) is 0 Å². The number of benzene rings is 2. The van der Waals surface area contributed by atoms with Crippen LogP contribution in [0.4, 0.5) is 8.78 Å². The molecule has 0 bridgehead atoms. The molecule has 0 heterocycles. The van der Waals surface area contributed by atoms with E-state index < -0.39 is 0 Å². The Labute approximate surface area is 121 Å². The first-order chi connectivity index (χ1) is 9.47. The molecule has 0 amide bonds. The lowest BCUT2D eigenvalue weighted by Gasteiger charge is -2.14. The topological polar surface area (TPSA) is 35.2 Å². The third-order valence-corrected chi connectivity index (χ3v) is 3.22. The van der Waals surface area contributed by atoms with Gasteiger partial charge in [-0.15, -0.1) is 0 Å². The van der Waals surface area contributed by atoms with Gasteiger partial charge in [0.2, 0.25) is 0 Å². The van der Waals surface area contributed by atoms with E-state index in [0.29, 0.717) is 21.9 Å². The van der Waals surface area contributed by atoms with Gasteiger partial charge in [-0.05, 0) is 43.3 Å². The largest absolute Gasteiger partial charge is 0.489 e. The Morgan fingerprint density at radius 3 is 2.50 bits per heavy atom. The van der Waals surface area contributed by atoms with Crippen molar-refractivity contribution in [1.29, 1.82) is 0 Å². The molecule has 106 valence electrons. The second-order valence-electron chi connectivity index (χ2n) is 4.50. The summed E-state index contributed by atoms with van der Waals surface area (Å²) in [6.07, 6.45) is 0. The molecule has 2 aromatic rings. The van der Waals surface area contributed by atoms with Crippen LogP contribution in [-0.4, -0.2) is 0 Å². The molecule has 0 aliphatic carbocycles. The first kappa shape index (κ1) is 14.8. The molecule has 0 saturated heterocycles. The second kappa shape index (κ2) is 6.20. The number of rotatable bonds is 4. The van der Waals surface area contributed by atoms with E-state index in [1.165, 1.54) is 36.4 Å². The highest BCUT2D eigenvalue weighted by molar-refractivity contribution is 6.31. The summed E-state index contributed by atoms with van der Waals surface area (Å²) < 4.78 is 31.9. The fraction of sp³-hybridized carbons (Fsp3) is 0.200. The van der Waals surface area contributed by atoms with Gasteiger partial charge in [0, 0.05) is 22.2 Å². The summed E-state index contributed by atoms with van der Waals surface area (Å²) in [5, 5.41) is 0.413. The average molecular weight is 298 g/mol. The summed E-state index contributed by atoms with van der Waals surface area (Å²) in [6, 6.07) is 7.79. The summed E-state index contributed by atoms with van der Waals surface area (Å²) >= 11 is 5.96. The second-order valence-corrected chi connectivity index (χ2v) is 4.90.